The van der Waals surface area contributed by atoms with Crippen LogP contribution in [0, 0.1) is 0 Å². The molecule has 1 heterocycles. The van der Waals surface area contributed by atoms with E-state index in [0.29, 0.717) is 39.6 Å². The van der Waals surface area contributed by atoms with Crippen LogP contribution in [0.15, 0.2) is 12.2 Å². The lowest BCUT2D eigenvalue weighted by Gasteiger charge is -2.19. The Bertz CT molecular complexity index is 629. The van der Waals surface area contributed by atoms with E-state index >= 15 is 0 Å². The molecule has 2 N–H and O–H groups in total. The van der Waals surface area contributed by atoms with Crippen molar-refractivity contribution in [1.82, 2.24) is 15.7 Å². The van der Waals surface area contributed by atoms with E-state index in [0.717, 1.165) is 4.90 Å². The Labute approximate surface area is 187 Å². The van der Waals surface area contributed by atoms with Gasteiger partial charge in [-0.15, -0.1) is 0 Å². The highest BCUT2D eigenvalue weighted by atomic mass is 16.7. The molecule has 0 spiro atoms. The van der Waals surface area contributed by atoms with Crippen LogP contribution in [0.25, 0.3) is 0 Å². The van der Waals surface area contributed by atoms with Crippen molar-refractivity contribution in [1.29, 1.82) is 0 Å². The molecule has 0 aromatic heterocycles. The van der Waals surface area contributed by atoms with Gasteiger partial charge in [0.1, 0.15) is 5.60 Å². The first-order chi connectivity index (χ1) is 15.2. The van der Waals surface area contributed by atoms with Crippen LogP contribution in [0.4, 0.5) is 4.79 Å². The number of imide groups is 1. The van der Waals surface area contributed by atoms with E-state index in [1.54, 1.807) is 20.8 Å². The molecule has 0 saturated carbocycles. The summed E-state index contributed by atoms with van der Waals surface area (Å²) in [5.41, 5.74) is 1.57. The number of ether oxygens (including phenoxy) is 4. The van der Waals surface area contributed by atoms with Gasteiger partial charge in [0, 0.05) is 31.7 Å². The van der Waals surface area contributed by atoms with Gasteiger partial charge in [-0.2, -0.15) is 5.48 Å². The molecule has 4 amide bonds. The molecule has 0 aromatic rings. The molecule has 0 radical (unpaired) electrons. The average Bonchev–Trinajstić information content (AvgIpc) is 3.02. The fourth-order valence-corrected chi connectivity index (χ4v) is 2.27. The molecule has 0 atom stereocenters. The topological polar surface area (TPSA) is 142 Å². The summed E-state index contributed by atoms with van der Waals surface area (Å²) in [5.74, 6) is -1.07. The van der Waals surface area contributed by atoms with Crippen LogP contribution in [-0.4, -0.2) is 93.7 Å². The number of hydrogen-bond donors (Lipinski definition) is 2. The maximum absolute atomic E-state index is 11.7. The van der Waals surface area contributed by atoms with E-state index < -0.39 is 23.5 Å². The van der Waals surface area contributed by atoms with Gasteiger partial charge in [0.15, 0.2) is 0 Å². The van der Waals surface area contributed by atoms with Crippen molar-refractivity contribution in [2.45, 2.75) is 32.8 Å². The number of amides is 4. The minimum Gasteiger partial charge on any atom is -0.442 e. The second-order valence-corrected chi connectivity index (χ2v) is 7.55. The zero-order valence-corrected chi connectivity index (χ0v) is 18.8. The van der Waals surface area contributed by atoms with E-state index in [1.165, 1.54) is 12.2 Å². The van der Waals surface area contributed by atoms with Crippen LogP contribution in [0.5, 0.6) is 0 Å². The predicted molar refractivity (Wildman–Crippen MR) is 111 cm³/mol. The summed E-state index contributed by atoms with van der Waals surface area (Å²) >= 11 is 0. The third-order valence-corrected chi connectivity index (χ3v) is 3.66. The third kappa shape index (κ3) is 13.7. The zero-order chi connectivity index (χ0) is 23.8. The molecule has 12 nitrogen and oxygen atoms in total. The molecule has 0 aromatic carbocycles. The Morgan fingerprint density at radius 2 is 1.41 bits per heavy atom. The predicted octanol–water partition coefficient (Wildman–Crippen LogP) is -0.0762. The van der Waals surface area contributed by atoms with Crippen LogP contribution in [0.3, 0.4) is 0 Å². The lowest BCUT2D eigenvalue weighted by Crippen LogP contribution is -2.35. The van der Waals surface area contributed by atoms with Gasteiger partial charge in [-0.25, -0.2) is 4.79 Å². The molecule has 0 unspecified atom stereocenters. The average molecular weight is 459 g/mol. The molecule has 0 fully saturated rings. The maximum atomic E-state index is 11.7. The lowest BCUT2D eigenvalue weighted by atomic mass is 10.2. The van der Waals surface area contributed by atoms with Crippen molar-refractivity contribution in [2.24, 2.45) is 0 Å². The fourth-order valence-electron chi connectivity index (χ4n) is 2.27. The van der Waals surface area contributed by atoms with Gasteiger partial charge in [0.25, 0.3) is 11.8 Å². The molecule has 0 bridgehead atoms. The van der Waals surface area contributed by atoms with Crippen LogP contribution >= 0.6 is 0 Å². The Morgan fingerprint density at radius 3 is 1.97 bits per heavy atom. The Morgan fingerprint density at radius 1 is 0.875 bits per heavy atom. The molecule has 182 valence electrons. The van der Waals surface area contributed by atoms with Gasteiger partial charge in [-0.05, 0) is 20.8 Å². The molecule has 1 rings (SSSR count). The van der Waals surface area contributed by atoms with E-state index in [-0.39, 0.29) is 32.1 Å². The second-order valence-electron chi connectivity index (χ2n) is 7.55. The maximum Gasteiger partial charge on any atom is 0.431 e. The van der Waals surface area contributed by atoms with Crippen LogP contribution in [0.1, 0.15) is 27.2 Å². The minimum atomic E-state index is -0.659. The number of carbonyl (C=O) groups is 4. The van der Waals surface area contributed by atoms with E-state index in [9.17, 15) is 19.2 Å². The van der Waals surface area contributed by atoms with Crippen LogP contribution in [-0.2, 0) is 38.2 Å². The number of carbonyl (C=O) groups excluding carboxylic acids is 4. The minimum absolute atomic E-state index is 0.0460. The first-order valence-electron chi connectivity index (χ1n) is 10.3. The number of nitrogens with one attached hydrogen (secondary N) is 2. The Kier molecular flexibility index (Phi) is 13.1. The summed E-state index contributed by atoms with van der Waals surface area (Å²) in [5, 5.41) is 2.65. The molecule has 12 heteroatoms. The molecule has 1 aliphatic heterocycles. The molecule has 0 aliphatic carbocycles. The van der Waals surface area contributed by atoms with Gasteiger partial charge in [-0.3, -0.25) is 24.1 Å². The van der Waals surface area contributed by atoms with Crippen molar-refractivity contribution in [3.8, 4) is 0 Å². The number of hydroxylamine groups is 1. The van der Waals surface area contributed by atoms with Crippen molar-refractivity contribution >= 4 is 23.8 Å². The monoisotopic (exact) mass is 459 g/mol. The molecular weight excluding hydrogens is 426 g/mol. The van der Waals surface area contributed by atoms with E-state index in [2.05, 4.69) is 10.8 Å². The van der Waals surface area contributed by atoms with E-state index in [4.69, 9.17) is 23.8 Å². The van der Waals surface area contributed by atoms with Gasteiger partial charge in [-0.1, -0.05) is 0 Å². The Balaban J connectivity index is 1.81. The summed E-state index contributed by atoms with van der Waals surface area (Å²) in [7, 11) is 0. The number of hydrogen-bond acceptors (Lipinski definition) is 9. The quantitative estimate of drug-likeness (QED) is 0.184. The number of nitrogens with zero attached hydrogens (tertiary/aromatic N) is 1. The molecule has 0 saturated heterocycles. The zero-order valence-electron chi connectivity index (χ0n) is 18.8. The molecular formula is C20H33N3O9. The van der Waals surface area contributed by atoms with Crippen molar-refractivity contribution in [2.75, 3.05) is 59.3 Å². The van der Waals surface area contributed by atoms with Gasteiger partial charge in [0.2, 0.25) is 5.91 Å². The Hall–Kier alpha value is -2.54. The lowest BCUT2D eigenvalue weighted by molar-refractivity contribution is -0.137. The fraction of sp³-hybridized carbons (Fsp3) is 0.700. The van der Waals surface area contributed by atoms with Gasteiger partial charge in [0.05, 0.1) is 46.2 Å². The summed E-state index contributed by atoms with van der Waals surface area (Å²) in [6.07, 6.45) is 1.75. The van der Waals surface area contributed by atoms with Crippen LogP contribution < -0.4 is 10.8 Å². The summed E-state index contributed by atoms with van der Waals surface area (Å²) in [6, 6.07) is 0. The number of rotatable bonds is 16. The highest BCUT2D eigenvalue weighted by molar-refractivity contribution is 6.13. The highest BCUT2D eigenvalue weighted by Crippen LogP contribution is 2.06. The second kappa shape index (κ2) is 15.3. The summed E-state index contributed by atoms with van der Waals surface area (Å²) < 4.78 is 20.9. The van der Waals surface area contributed by atoms with Gasteiger partial charge < -0.3 is 24.3 Å². The summed E-state index contributed by atoms with van der Waals surface area (Å²) in [4.78, 5) is 51.7. The third-order valence-electron chi connectivity index (χ3n) is 3.66. The first-order valence-corrected chi connectivity index (χ1v) is 10.3. The normalized spacial score (nSPS) is 13.5. The molecule has 1 aliphatic rings. The summed E-state index contributed by atoms with van der Waals surface area (Å²) in [6.45, 7) is 7.89. The molecule has 32 heavy (non-hydrogen) atoms. The largest absolute Gasteiger partial charge is 0.442 e. The highest BCUT2D eigenvalue weighted by Gasteiger charge is 2.23. The van der Waals surface area contributed by atoms with Gasteiger partial charge >= 0.3 is 6.09 Å². The van der Waals surface area contributed by atoms with Crippen LogP contribution in [0.2, 0.25) is 0 Å². The standard InChI is InChI=1S/C20H33N3O9/c1-20(2,3)32-19(27)22-31-15-14-30-13-12-29-11-10-28-9-7-21-16(24)6-8-23-17(25)4-5-18(23)26/h4-5H,6-15H2,1-3H3,(H,21,24)(H,22,27). The van der Waals surface area contributed by atoms with Crippen molar-refractivity contribution in [3.05, 3.63) is 12.2 Å². The van der Waals surface area contributed by atoms with Crippen molar-refractivity contribution < 1.29 is 43.0 Å². The first kappa shape index (κ1) is 27.5. The SMILES string of the molecule is CC(C)(C)OC(=O)NOCCOCCOCCOCCNC(=O)CCN1C(=O)C=CC1=O. The van der Waals surface area contributed by atoms with E-state index in [1.807, 2.05) is 0 Å². The smallest absolute Gasteiger partial charge is 0.431 e. The van der Waals surface area contributed by atoms with Crippen molar-refractivity contribution in [3.63, 3.8) is 0 Å².